The number of nitrogens with zero attached hydrogens (tertiary/aromatic N) is 3. The molecule has 2 aromatic rings. The van der Waals surface area contributed by atoms with Crippen LogP contribution in [-0.2, 0) is 21.4 Å². The lowest BCUT2D eigenvalue weighted by molar-refractivity contribution is -0.128. The number of hydrogen-bond acceptors (Lipinski definition) is 4. The van der Waals surface area contributed by atoms with Crippen LogP contribution >= 0.6 is 0 Å². The van der Waals surface area contributed by atoms with E-state index in [1.54, 1.807) is 11.1 Å². The number of likely N-dealkylation sites (tertiary alicyclic amines) is 1. The third kappa shape index (κ3) is 3.22. The highest BCUT2D eigenvalue weighted by atomic mass is 32.2. The van der Waals surface area contributed by atoms with Gasteiger partial charge in [-0.05, 0) is 11.6 Å². The number of carbonyl (C=O) groups is 1. The summed E-state index contributed by atoms with van der Waals surface area (Å²) in [6.07, 6.45) is 5.71. The summed E-state index contributed by atoms with van der Waals surface area (Å²) in [5.74, 6) is -0.394. The number of carbonyl (C=O) groups excluding carboxylic acids is 1. The SMILES string of the molecule is NS(=O)(=O)CC1CC(=O)N(Cc2ccc3nccn3c2)C1. The van der Waals surface area contributed by atoms with Crippen LogP contribution in [0.3, 0.4) is 0 Å². The van der Waals surface area contributed by atoms with Crippen molar-refractivity contribution in [2.45, 2.75) is 13.0 Å². The molecule has 1 aliphatic rings. The van der Waals surface area contributed by atoms with Crippen LogP contribution in [0.25, 0.3) is 5.65 Å². The largest absolute Gasteiger partial charge is 0.338 e. The number of sulfonamides is 1. The molecular formula is C13H16N4O3S. The van der Waals surface area contributed by atoms with Crippen LogP contribution in [0.15, 0.2) is 30.7 Å². The van der Waals surface area contributed by atoms with Gasteiger partial charge in [-0.25, -0.2) is 18.5 Å². The van der Waals surface area contributed by atoms with Gasteiger partial charge >= 0.3 is 0 Å². The second kappa shape index (κ2) is 5.12. The van der Waals surface area contributed by atoms with Gasteiger partial charge in [0.05, 0.1) is 5.75 Å². The Balaban J connectivity index is 1.71. The number of pyridine rings is 1. The van der Waals surface area contributed by atoms with E-state index >= 15 is 0 Å². The minimum atomic E-state index is -3.54. The summed E-state index contributed by atoms with van der Waals surface area (Å²) in [5, 5.41) is 5.04. The fourth-order valence-electron chi connectivity index (χ4n) is 2.73. The van der Waals surface area contributed by atoms with E-state index in [2.05, 4.69) is 4.98 Å². The number of hydrogen-bond donors (Lipinski definition) is 1. The lowest BCUT2D eigenvalue weighted by Crippen LogP contribution is -2.27. The Bertz CT molecular complexity index is 784. The van der Waals surface area contributed by atoms with Gasteiger partial charge in [0.25, 0.3) is 0 Å². The Morgan fingerprint density at radius 3 is 2.95 bits per heavy atom. The minimum Gasteiger partial charge on any atom is -0.338 e. The van der Waals surface area contributed by atoms with Crippen molar-refractivity contribution in [3.05, 3.63) is 36.3 Å². The Hall–Kier alpha value is -1.93. The zero-order valence-corrected chi connectivity index (χ0v) is 12.2. The van der Waals surface area contributed by atoms with Gasteiger partial charge in [0.15, 0.2) is 0 Å². The van der Waals surface area contributed by atoms with E-state index < -0.39 is 10.0 Å². The van der Waals surface area contributed by atoms with E-state index in [0.717, 1.165) is 11.2 Å². The first-order valence-corrected chi connectivity index (χ1v) is 8.32. The molecule has 0 saturated carbocycles. The van der Waals surface area contributed by atoms with Gasteiger partial charge in [0, 0.05) is 44.0 Å². The van der Waals surface area contributed by atoms with Crippen molar-refractivity contribution in [3.63, 3.8) is 0 Å². The molecule has 112 valence electrons. The summed E-state index contributed by atoms with van der Waals surface area (Å²) < 4.78 is 24.1. The highest BCUT2D eigenvalue weighted by Gasteiger charge is 2.31. The number of aromatic nitrogens is 2. The molecule has 3 heterocycles. The van der Waals surface area contributed by atoms with Gasteiger partial charge in [0.2, 0.25) is 15.9 Å². The van der Waals surface area contributed by atoms with Crippen LogP contribution in [0.4, 0.5) is 0 Å². The molecule has 0 aliphatic carbocycles. The summed E-state index contributed by atoms with van der Waals surface area (Å²) in [6.45, 7) is 0.894. The van der Waals surface area contributed by atoms with Gasteiger partial charge in [-0.15, -0.1) is 0 Å². The van der Waals surface area contributed by atoms with Crippen molar-refractivity contribution in [1.29, 1.82) is 0 Å². The third-order valence-electron chi connectivity index (χ3n) is 3.59. The van der Waals surface area contributed by atoms with Gasteiger partial charge in [-0.1, -0.05) is 6.07 Å². The average Bonchev–Trinajstić information content (AvgIpc) is 2.94. The Morgan fingerprint density at radius 1 is 1.38 bits per heavy atom. The van der Waals surface area contributed by atoms with Crippen LogP contribution in [0.5, 0.6) is 0 Å². The minimum absolute atomic E-state index is 0.0330. The Labute approximate surface area is 122 Å². The molecule has 0 radical (unpaired) electrons. The van der Waals surface area contributed by atoms with Gasteiger partial charge in [0.1, 0.15) is 5.65 Å². The van der Waals surface area contributed by atoms with Crippen molar-refractivity contribution in [2.75, 3.05) is 12.3 Å². The molecule has 0 bridgehead atoms. The quantitative estimate of drug-likeness (QED) is 0.857. The predicted octanol–water partition coefficient (Wildman–Crippen LogP) is -0.0287. The molecular weight excluding hydrogens is 292 g/mol. The lowest BCUT2D eigenvalue weighted by Gasteiger charge is -2.16. The van der Waals surface area contributed by atoms with Gasteiger partial charge < -0.3 is 9.30 Å². The monoisotopic (exact) mass is 308 g/mol. The molecule has 21 heavy (non-hydrogen) atoms. The Kier molecular flexibility index (Phi) is 3.42. The molecule has 3 rings (SSSR count). The standard InChI is InChI=1S/C13H16N4O3S/c14-21(19,20)9-11-5-13(18)17(8-11)7-10-1-2-12-15-3-4-16(12)6-10/h1-4,6,11H,5,7-9H2,(H2,14,19,20). The number of nitrogens with two attached hydrogens (primary N) is 1. The second-order valence-corrected chi connectivity index (χ2v) is 7.06. The van der Waals surface area contributed by atoms with Crippen molar-refractivity contribution in [1.82, 2.24) is 14.3 Å². The normalized spacial score (nSPS) is 19.6. The molecule has 1 amide bonds. The summed E-state index contributed by atoms with van der Waals surface area (Å²) in [5.41, 5.74) is 1.82. The fraction of sp³-hybridized carbons (Fsp3) is 0.385. The number of amides is 1. The zero-order valence-electron chi connectivity index (χ0n) is 11.3. The lowest BCUT2D eigenvalue weighted by atomic mass is 10.1. The molecule has 1 aliphatic heterocycles. The van der Waals surface area contributed by atoms with Crippen LogP contribution in [0, 0.1) is 5.92 Å². The number of fused-ring (bicyclic) bond motifs is 1. The summed E-state index contributed by atoms with van der Waals surface area (Å²) in [6, 6.07) is 3.81. The zero-order chi connectivity index (χ0) is 15.0. The number of primary sulfonamides is 1. The summed E-state index contributed by atoms with van der Waals surface area (Å²) in [4.78, 5) is 17.8. The first-order chi connectivity index (χ1) is 9.90. The second-order valence-electron chi connectivity index (χ2n) is 5.40. The highest BCUT2D eigenvalue weighted by molar-refractivity contribution is 7.89. The molecule has 1 saturated heterocycles. The molecule has 1 fully saturated rings. The summed E-state index contributed by atoms with van der Waals surface area (Å²) >= 11 is 0. The van der Waals surface area contributed by atoms with Crippen LogP contribution in [0.2, 0.25) is 0 Å². The van der Waals surface area contributed by atoms with Crippen molar-refractivity contribution in [2.24, 2.45) is 11.1 Å². The maximum atomic E-state index is 12.0. The van der Waals surface area contributed by atoms with Gasteiger partial charge in [-0.3, -0.25) is 4.79 Å². The van der Waals surface area contributed by atoms with Crippen LogP contribution in [0.1, 0.15) is 12.0 Å². The number of imidazole rings is 1. The molecule has 2 aromatic heterocycles. The van der Waals surface area contributed by atoms with Gasteiger partial charge in [-0.2, -0.15) is 0 Å². The predicted molar refractivity (Wildman–Crippen MR) is 76.7 cm³/mol. The maximum Gasteiger partial charge on any atom is 0.223 e. The van der Waals surface area contributed by atoms with Crippen molar-refractivity contribution < 1.29 is 13.2 Å². The Morgan fingerprint density at radius 2 is 2.19 bits per heavy atom. The molecule has 8 heteroatoms. The first kappa shape index (κ1) is 14.0. The fourth-order valence-corrected chi connectivity index (χ4v) is 3.61. The average molecular weight is 308 g/mol. The van der Waals surface area contributed by atoms with E-state index in [1.807, 2.05) is 28.9 Å². The van der Waals surface area contributed by atoms with Crippen molar-refractivity contribution in [3.8, 4) is 0 Å². The molecule has 2 N–H and O–H groups in total. The van der Waals surface area contributed by atoms with Crippen LogP contribution < -0.4 is 5.14 Å². The van der Waals surface area contributed by atoms with E-state index in [-0.39, 0.29) is 24.0 Å². The third-order valence-corrected chi connectivity index (χ3v) is 4.52. The van der Waals surface area contributed by atoms with E-state index in [0.29, 0.717) is 13.1 Å². The molecule has 7 nitrogen and oxygen atoms in total. The first-order valence-electron chi connectivity index (χ1n) is 6.60. The van der Waals surface area contributed by atoms with E-state index in [9.17, 15) is 13.2 Å². The van der Waals surface area contributed by atoms with E-state index in [4.69, 9.17) is 5.14 Å². The smallest absolute Gasteiger partial charge is 0.223 e. The highest BCUT2D eigenvalue weighted by Crippen LogP contribution is 2.21. The molecule has 1 atom stereocenters. The molecule has 1 unspecified atom stereocenters. The molecule has 0 aromatic carbocycles. The number of rotatable bonds is 4. The summed E-state index contributed by atoms with van der Waals surface area (Å²) in [7, 11) is -3.54. The van der Waals surface area contributed by atoms with Crippen LogP contribution in [-0.4, -0.2) is 40.9 Å². The molecule has 0 spiro atoms. The maximum absolute atomic E-state index is 12.0. The van der Waals surface area contributed by atoms with E-state index in [1.165, 1.54) is 0 Å². The topological polar surface area (TPSA) is 97.8 Å². The van der Waals surface area contributed by atoms with Crippen molar-refractivity contribution >= 4 is 21.6 Å².